The maximum Gasteiger partial charge on any atom is 0.234 e. The van der Waals surface area contributed by atoms with Crippen LogP contribution in [0.15, 0.2) is 30.6 Å². The largest absolute Gasteiger partial charge is 0.497 e. The molecule has 0 bridgehead atoms. The monoisotopic (exact) mass is 330 g/mol. The zero-order chi connectivity index (χ0) is 16.8. The van der Waals surface area contributed by atoms with Crippen molar-refractivity contribution in [3.8, 4) is 17.4 Å². The molecule has 1 N–H and O–H groups in total. The van der Waals surface area contributed by atoms with Gasteiger partial charge in [0.15, 0.2) is 5.82 Å². The maximum absolute atomic E-state index is 5.80. The summed E-state index contributed by atoms with van der Waals surface area (Å²) in [5.74, 6) is 2.81. The second-order valence-corrected chi connectivity index (χ2v) is 5.46. The summed E-state index contributed by atoms with van der Waals surface area (Å²) in [6.07, 6.45) is 3.40. The van der Waals surface area contributed by atoms with Crippen molar-refractivity contribution < 1.29 is 14.2 Å². The minimum atomic E-state index is 0.368. The van der Waals surface area contributed by atoms with Crippen LogP contribution in [-0.2, 0) is 6.61 Å². The van der Waals surface area contributed by atoms with E-state index in [1.54, 1.807) is 26.6 Å². The third kappa shape index (κ3) is 4.05. The van der Waals surface area contributed by atoms with Crippen LogP contribution in [-0.4, -0.2) is 50.4 Å². The van der Waals surface area contributed by atoms with E-state index in [2.05, 4.69) is 20.2 Å². The molecule has 24 heavy (non-hydrogen) atoms. The van der Waals surface area contributed by atoms with Gasteiger partial charge in [-0.05, 0) is 17.7 Å². The molecule has 7 nitrogen and oxygen atoms in total. The number of nitrogens with one attached hydrogen (secondary N) is 1. The first kappa shape index (κ1) is 16.3. The van der Waals surface area contributed by atoms with E-state index >= 15 is 0 Å². The maximum atomic E-state index is 5.80. The zero-order valence-electron chi connectivity index (χ0n) is 14.0. The summed E-state index contributed by atoms with van der Waals surface area (Å²) in [5, 5.41) is 3.32. The van der Waals surface area contributed by atoms with Gasteiger partial charge in [-0.15, -0.1) is 0 Å². The number of benzene rings is 1. The van der Waals surface area contributed by atoms with Gasteiger partial charge >= 0.3 is 0 Å². The molecule has 128 valence electrons. The number of nitrogens with zero attached hydrogens (tertiary/aromatic N) is 3. The normalized spacial score (nSPS) is 14.3. The Bertz CT molecular complexity index is 652. The Hall–Kier alpha value is -2.54. The average Bonchev–Trinajstić information content (AvgIpc) is 2.67. The Morgan fingerprint density at radius 2 is 1.75 bits per heavy atom. The third-order valence-electron chi connectivity index (χ3n) is 3.84. The van der Waals surface area contributed by atoms with Gasteiger partial charge in [0.25, 0.3) is 0 Å². The van der Waals surface area contributed by atoms with Gasteiger partial charge < -0.3 is 24.4 Å². The number of hydrogen-bond donors (Lipinski definition) is 1. The molecule has 0 amide bonds. The summed E-state index contributed by atoms with van der Waals surface area (Å²) in [6, 6.07) is 5.65. The van der Waals surface area contributed by atoms with Gasteiger partial charge in [-0.2, -0.15) is 4.98 Å². The number of aromatic nitrogens is 2. The van der Waals surface area contributed by atoms with Crippen LogP contribution in [0.5, 0.6) is 17.4 Å². The minimum Gasteiger partial charge on any atom is -0.497 e. The molecule has 1 fully saturated rings. The van der Waals surface area contributed by atoms with E-state index in [4.69, 9.17) is 14.2 Å². The Morgan fingerprint density at radius 3 is 2.42 bits per heavy atom. The molecule has 1 aromatic heterocycles. The highest BCUT2D eigenvalue weighted by atomic mass is 16.5. The van der Waals surface area contributed by atoms with E-state index in [0.29, 0.717) is 12.5 Å². The van der Waals surface area contributed by atoms with Crippen LogP contribution in [0.2, 0.25) is 0 Å². The molecule has 1 aromatic carbocycles. The molecule has 2 aromatic rings. The summed E-state index contributed by atoms with van der Waals surface area (Å²) >= 11 is 0. The number of anilines is 1. The lowest BCUT2D eigenvalue weighted by atomic mass is 10.2. The topological polar surface area (TPSA) is 68.7 Å². The fourth-order valence-corrected chi connectivity index (χ4v) is 2.56. The molecule has 0 aliphatic carbocycles. The Kier molecular flexibility index (Phi) is 5.32. The molecular formula is C17H22N4O3. The van der Waals surface area contributed by atoms with Crippen molar-refractivity contribution in [3.05, 3.63) is 36.2 Å². The van der Waals surface area contributed by atoms with Gasteiger partial charge in [0.05, 0.1) is 26.6 Å². The molecule has 0 spiro atoms. The van der Waals surface area contributed by atoms with E-state index in [-0.39, 0.29) is 0 Å². The van der Waals surface area contributed by atoms with Gasteiger partial charge in [-0.25, -0.2) is 0 Å². The second kappa shape index (κ2) is 7.83. The predicted molar refractivity (Wildman–Crippen MR) is 91.0 cm³/mol. The zero-order valence-corrected chi connectivity index (χ0v) is 14.0. The molecular weight excluding hydrogens is 308 g/mol. The number of rotatable bonds is 6. The molecule has 3 rings (SSSR count). The van der Waals surface area contributed by atoms with Crippen LogP contribution >= 0.6 is 0 Å². The van der Waals surface area contributed by atoms with Gasteiger partial charge in [-0.1, -0.05) is 0 Å². The van der Waals surface area contributed by atoms with E-state index < -0.39 is 0 Å². The first-order chi connectivity index (χ1) is 11.8. The molecule has 1 aliphatic heterocycles. The molecule has 7 heteroatoms. The quantitative estimate of drug-likeness (QED) is 0.860. The van der Waals surface area contributed by atoms with Crippen molar-refractivity contribution in [1.29, 1.82) is 0 Å². The minimum absolute atomic E-state index is 0.368. The summed E-state index contributed by atoms with van der Waals surface area (Å²) in [7, 11) is 3.25. The fraction of sp³-hybridized carbons (Fsp3) is 0.412. The van der Waals surface area contributed by atoms with Gasteiger partial charge in [-0.3, -0.25) is 4.98 Å². The van der Waals surface area contributed by atoms with Crippen molar-refractivity contribution >= 4 is 5.82 Å². The van der Waals surface area contributed by atoms with Crippen LogP contribution in [0.4, 0.5) is 5.82 Å². The lowest BCUT2D eigenvalue weighted by Gasteiger charge is -2.28. The van der Waals surface area contributed by atoms with Gasteiger partial charge in [0.1, 0.15) is 18.1 Å². The average molecular weight is 330 g/mol. The van der Waals surface area contributed by atoms with Crippen LogP contribution in [0.25, 0.3) is 0 Å². The third-order valence-corrected chi connectivity index (χ3v) is 3.84. The molecule has 2 heterocycles. The van der Waals surface area contributed by atoms with Crippen LogP contribution in [0.3, 0.4) is 0 Å². The predicted octanol–water partition coefficient (Wildman–Crippen LogP) is 1.48. The van der Waals surface area contributed by atoms with E-state index in [0.717, 1.165) is 49.1 Å². The van der Waals surface area contributed by atoms with Crippen molar-refractivity contribution in [2.75, 3.05) is 45.3 Å². The SMILES string of the molecule is COc1cc(COc2cncc(N3CCNCC3)n2)cc(OC)c1. The molecule has 0 saturated carbocycles. The highest BCUT2D eigenvalue weighted by molar-refractivity contribution is 5.39. The van der Waals surface area contributed by atoms with E-state index in [1.165, 1.54) is 0 Å². The molecule has 1 saturated heterocycles. The number of ether oxygens (including phenoxy) is 3. The molecule has 0 unspecified atom stereocenters. The van der Waals surface area contributed by atoms with Crippen molar-refractivity contribution in [2.45, 2.75) is 6.61 Å². The lowest BCUT2D eigenvalue weighted by molar-refractivity contribution is 0.290. The summed E-state index contributed by atoms with van der Waals surface area (Å²) < 4.78 is 16.3. The molecule has 0 radical (unpaired) electrons. The number of methoxy groups -OCH3 is 2. The highest BCUT2D eigenvalue weighted by Crippen LogP contribution is 2.23. The van der Waals surface area contributed by atoms with E-state index in [9.17, 15) is 0 Å². The second-order valence-electron chi connectivity index (χ2n) is 5.46. The molecule has 1 aliphatic rings. The van der Waals surface area contributed by atoms with Crippen molar-refractivity contribution in [3.63, 3.8) is 0 Å². The van der Waals surface area contributed by atoms with E-state index in [1.807, 2.05) is 18.2 Å². The fourth-order valence-electron chi connectivity index (χ4n) is 2.56. The van der Waals surface area contributed by atoms with Crippen LogP contribution in [0.1, 0.15) is 5.56 Å². The summed E-state index contributed by atoms with van der Waals surface area (Å²) in [5.41, 5.74) is 0.945. The standard InChI is InChI=1S/C17H22N4O3/c1-22-14-7-13(8-15(9-14)23-2)12-24-17-11-19-10-16(20-17)21-5-3-18-4-6-21/h7-11,18H,3-6,12H2,1-2H3. The van der Waals surface area contributed by atoms with Crippen LogP contribution < -0.4 is 24.4 Å². The smallest absolute Gasteiger partial charge is 0.234 e. The Labute approximate surface area is 141 Å². The summed E-state index contributed by atoms with van der Waals surface area (Å²) in [6.45, 7) is 4.12. The number of hydrogen-bond acceptors (Lipinski definition) is 7. The van der Waals surface area contributed by atoms with Gasteiger partial charge in [0.2, 0.25) is 5.88 Å². The van der Waals surface area contributed by atoms with Gasteiger partial charge in [0, 0.05) is 32.2 Å². The van der Waals surface area contributed by atoms with Crippen molar-refractivity contribution in [2.24, 2.45) is 0 Å². The molecule has 0 atom stereocenters. The number of piperazine rings is 1. The van der Waals surface area contributed by atoms with Crippen molar-refractivity contribution in [1.82, 2.24) is 15.3 Å². The Balaban J connectivity index is 1.68. The summed E-state index contributed by atoms with van der Waals surface area (Å²) in [4.78, 5) is 11.0. The first-order valence-electron chi connectivity index (χ1n) is 7.91. The highest BCUT2D eigenvalue weighted by Gasteiger charge is 2.13. The van der Waals surface area contributed by atoms with Crippen LogP contribution in [0, 0.1) is 0 Å². The lowest BCUT2D eigenvalue weighted by Crippen LogP contribution is -2.43. The first-order valence-corrected chi connectivity index (χ1v) is 7.91. The Morgan fingerprint density at radius 1 is 1.04 bits per heavy atom.